The van der Waals surface area contributed by atoms with Gasteiger partial charge in [-0.25, -0.2) is 0 Å². The number of benzene rings is 1. The van der Waals surface area contributed by atoms with Crippen LogP contribution in [-0.4, -0.2) is 24.0 Å². The number of piperidine rings is 1. The predicted octanol–water partition coefficient (Wildman–Crippen LogP) is 5.24. The first-order valence-electron chi connectivity index (χ1n) is 8.62. The van der Waals surface area contributed by atoms with E-state index in [1.807, 2.05) is 0 Å². The van der Waals surface area contributed by atoms with Crippen LogP contribution >= 0.6 is 11.6 Å². The van der Waals surface area contributed by atoms with E-state index in [9.17, 15) is 18.0 Å². The average Bonchev–Trinajstić information content (AvgIpc) is 2.63. The van der Waals surface area contributed by atoms with Crippen molar-refractivity contribution in [3.8, 4) is 0 Å². The van der Waals surface area contributed by atoms with Crippen LogP contribution in [0, 0.1) is 5.92 Å². The molecule has 0 aliphatic carbocycles. The molecule has 0 bridgehead atoms. The molecule has 27 heavy (non-hydrogen) atoms. The molecule has 1 fully saturated rings. The van der Waals surface area contributed by atoms with Gasteiger partial charge in [-0.3, -0.25) is 9.78 Å². The van der Waals surface area contributed by atoms with Crippen LogP contribution in [0.5, 0.6) is 0 Å². The van der Waals surface area contributed by atoms with Crippen LogP contribution in [0.3, 0.4) is 0 Å². The molecule has 1 aromatic carbocycles. The van der Waals surface area contributed by atoms with Crippen LogP contribution in [0.4, 0.5) is 24.5 Å². The smallest absolute Gasteiger partial charge is 0.370 e. The van der Waals surface area contributed by atoms with Crippen LogP contribution in [0.1, 0.15) is 35.7 Å². The molecule has 0 saturated carbocycles. The Hall–Kier alpha value is -2.28. The molecule has 2 aromatic rings. The maximum Gasteiger partial charge on any atom is 0.416 e. The number of alkyl halides is 3. The van der Waals surface area contributed by atoms with E-state index in [-0.39, 0.29) is 16.3 Å². The van der Waals surface area contributed by atoms with E-state index in [4.69, 9.17) is 11.6 Å². The lowest BCUT2D eigenvalue weighted by Crippen LogP contribution is -2.33. The fourth-order valence-corrected chi connectivity index (χ4v) is 3.15. The minimum absolute atomic E-state index is 0.0329. The zero-order chi connectivity index (χ0) is 19.6. The predicted molar refractivity (Wildman–Crippen MR) is 99.3 cm³/mol. The third kappa shape index (κ3) is 4.71. The zero-order valence-electron chi connectivity index (χ0n) is 14.7. The lowest BCUT2D eigenvalue weighted by atomic mass is 9.99. The molecule has 0 atom stereocenters. The molecule has 0 spiro atoms. The number of pyridine rings is 1. The fraction of sp³-hybridized carbons (Fsp3) is 0.368. The summed E-state index contributed by atoms with van der Waals surface area (Å²) in [6.45, 7) is 3.97. The van der Waals surface area contributed by atoms with Crippen molar-refractivity contribution in [1.82, 2.24) is 4.98 Å². The number of halogens is 4. The maximum absolute atomic E-state index is 12.9. The molecule has 1 amide bonds. The summed E-state index contributed by atoms with van der Waals surface area (Å²) in [6, 6.07) is 4.50. The number of anilines is 2. The van der Waals surface area contributed by atoms with E-state index in [0.29, 0.717) is 5.92 Å². The second kappa shape index (κ2) is 7.76. The van der Waals surface area contributed by atoms with Crippen LogP contribution < -0.4 is 10.2 Å². The summed E-state index contributed by atoms with van der Waals surface area (Å²) in [5.41, 5.74) is 0.120. The van der Waals surface area contributed by atoms with Crippen molar-refractivity contribution in [2.45, 2.75) is 25.9 Å². The number of hydrogen-bond donors (Lipinski definition) is 1. The van der Waals surface area contributed by atoms with Gasteiger partial charge in [-0.15, -0.1) is 0 Å². The molecule has 1 aromatic heterocycles. The maximum atomic E-state index is 12.9. The third-order valence-corrected chi connectivity index (χ3v) is 5.01. The highest BCUT2D eigenvalue weighted by atomic mass is 35.5. The summed E-state index contributed by atoms with van der Waals surface area (Å²) < 4.78 is 38.6. The van der Waals surface area contributed by atoms with Crippen molar-refractivity contribution < 1.29 is 18.0 Å². The average molecular weight is 398 g/mol. The van der Waals surface area contributed by atoms with E-state index in [1.165, 1.54) is 6.20 Å². The van der Waals surface area contributed by atoms with Crippen molar-refractivity contribution in [3.05, 3.63) is 52.8 Å². The van der Waals surface area contributed by atoms with E-state index < -0.39 is 17.6 Å². The number of rotatable bonds is 3. The number of aromatic nitrogens is 1. The first-order chi connectivity index (χ1) is 12.7. The summed E-state index contributed by atoms with van der Waals surface area (Å²) in [5.74, 6) is 0.111. The van der Waals surface area contributed by atoms with E-state index in [2.05, 4.69) is 22.1 Å². The Morgan fingerprint density at radius 1 is 1.22 bits per heavy atom. The Morgan fingerprint density at radius 3 is 2.59 bits per heavy atom. The van der Waals surface area contributed by atoms with Gasteiger partial charge < -0.3 is 10.2 Å². The normalized spacial score (nSPS) is 15.7. The van der Waals surface area contributed by atoms with Crippen LogP contribution in [0.2, 0.25) is 5.02 Å². The van der Waals surface area contributed by atoms with Gasteiger partial charge in [0.2, 0.25) is 0 Å². The highest BCUT2D eigenvalue weighted by Crippen LogP contribution is 2.34. The van der Waals surface area contributed by atoms with Gasteiger partial charge in [-0.05, 0) is 43.0 Å². The number of nitrogens with one attached hydrogen (secondary N) is 1. The van der Waals surface area contributed by atoms with E-state index in [0.717, 1.165) is 49.8 Å². The molecule has 0 unspecified atom stereocenters. The van der Waals surface area contributed by atoms with Crippen LogP contribution in [0.15, 0.2) is 36.7 Å². The Balaban J connectivity index is 1.78. The van der Waals surface area contributed by atoms with Gasteiger partial charge in [-0.1, -0.05) is 18.5 Å². The summed E-state index contributed by atoms with van der Waals surface area (Å²) in [6.07, 6.45) is 0.681. The largest absolute Gasteiger partial charge is 0.416 e. The van der Waals surface area contributed by atoms with Crippen molar-refractivity contribution in [2.75, 3.05) is 23.3 Å². The molecule has 1 saturated heterocycles. The minimum Gasteiger partial charge on any atom is -0.370 e. The minimum atomic E-state index is -4.52. The Kier molecular flexibility index (Phi) is 5.60. The van der Waals surface area contributed by atoms with Crippen molar-refractivity contribution in [2.24, 2.45) is 5.92 Å². The van der Waals surface area contributed by atoms with Crippen molar-refractivity contribution >= 4 is 28.9 Å². The number of carbonyl (C=O) groups is 1. The monoisotopic (exact) mass is 397 g/mol. The van der Waals surface area contributed by atoms with Crippen molar-refractivity contribution in [3.63, 3.8) is 0 Å². The summed E-state index contributed by atoms with van der Waals surface area (Å²) in [5, 5.41) is 2.48. The molecule has 2 heterocycles. The molecular formula is C19H19ClF3N3O. The van der Waals surface area contributed by atoms with E-state index >= 15 is 0 Å². The zero-order valence-corrected chi connectivity index (χ0v) is 15.4. The molecule has 8 heteroatoms. The standard InChI is InChI=1S/C19H19ClF3N3O/c1-12-4-6-26(7-5-12)15-8-13(10-24-11-15)18(27)25-17-9-14(19(21,22)23)2-3-16(17)20/h2-3,8-12H,4-7H2,1H3,(H,25,27). The lowest BCUT2D eigenvalue weighted by molar-refractivity contribution is -0.137. The highest BCUT2D eigenvalue weighted by Gasteiger charge is 2.31. The highest BCUT2D eigenvalue weighted by molar-refractivity contribution is 6.34. The number of hydrogen-bond acceptors (Lipinski definition) is 3. The van der Waals surface area contributed by atoms with Gasteiger partial charge in [0.1, 0.15) is 0 Å². The third-order valence-electron chi connectivity index (χ3n) is 4.68. The van der Waals surface area contributed by atoms with Gasteiger partial charge in [-0.2, -0.15) is 13.2 Å². The fourth-order valence-electron chi connectivity index (χ4n) is 2.98. The van der Waals surface area contributed by atoms with Crippen molar-refractivity contribution in [1.29, 1.82) is 0 Å². The van der Waals surface area contributed by atoms with Gasteiger partial charge >= 0.3 is 6.18 Å². The van der Waals surface area contributed by atoms with Crippen LogP contribution in [-0.2, 0) is 6.18 Å². The number of carbonyl (C=O) groups excluding carboxylic acids is 1. The first-order valence-corrected chi connectivity index (χ1v) is 9.00. The molecule has 1 aliphatic rings. The first kappa shape index (κ1) is 19.5. The molecule has 0 radical (unpaired) electrons. The van der Waals surface area contributed by atoms with E-state index in [1.54, 1.807) is 12.3 Å². The Morgan fingerprint density at radius 2 is 1.93 bits per heavy atom. The SMILES string of the molecule is CC1CCN(c2cncc(C(=O)Nc3cc(C(F)(F)F)ccc3Cl)c2)CC1. The van der Waals surface area contributed by atoms with Crippen LogP contribution in [0.25, 0.3) is 0 Å². The molecule has 144 valence electrons. The molecular weight excluding hydrogens is 379 g/mol. The summed E-state index contributed by atoms with van der Waals surface area (Å²) in [4.78, 5) is 18.8. The molecule has 1 N–H and O–H groups in total. The second-order valence-corrected chi connectivity index (χ2v) is 7.16. The number of nitrogens with zero attached hydrogens (tertiary/aromatic N) is 2. The van der Waals surface area contributed by atoms with Gasteiger partial charge in [0.25, 0.3) is 5.91 Å². The Labute approximate surface area is 160 Å². The molecule has 4 nitrogen and oxygen atoms in total. The summed E-state index contributed by atoms with van der Waals surface area (Å²) >= 11 is 5.94. The molecule has 3 rings (SSSR count). The molecule has 1 aliphatic heterocycles. The topological polar surface area (TPSA) is 45.2 Å². The second-order valence-electron chi connectivity index (χ2n) is 6.75. The lowest BCUT2D eigenvalue weighted by Gasteiger charge is -2.32. The Bertz CT molecular complexity index is 833. The quantitative estimate of drug-likeness (QED) is 0.770. The summed E-state index contributed by atoms with van der Waals surface area (Å²) in [7, 11) is 0. The van der Waals surface area contributed by atoms with Gasteiger partial charge in [0.15, 0.2) is 0 Å². The van der Waals surface area contributed by atoms with Gasteiger partial charge in [0, 0.05) is 19.3 Å². The van der Waals surface area contributed by atoms with Gasteiger partial charge in [0.05, 0.1) is 33.7 Å². The number of amides is 1.